The minimum absolute atomic E-state index is 0.193. The number of sulfonamides is 1. The van der Waals surface area contributed by atoms with E-state index >= 15 is 0 Å². The maximum atomic E-state index is 12.4. The third-order valence-corrected chi connectivity index (χ3v) is 6.75. The molecule has 2 heterocycles. The second kappa shape index (κ2) is 10.9. The molecular formula is C21H27N3O5S2. The highest BCUT2D eigenvalue weighted by molar-refractivity contribution is 7.88. The van der Waals surface area contributed by atoms with Crippen molar-refractivity contribution in [3.63, 3.8) is 0 Å². The molecule has 0 saturated carbocycles. The molecule has 10 heteroatoms. The largest absolute Gasteiger partial charge is 0.451 e. The Morgan fingerprint density at radius 2 is 1.77 bits per heavy atom. The zero-order chi connectivity index (χ0) is 22.3. The van der Waals surface area contributed by atoms with Gasteiger partial charge in [0, 0.05) is 44.1 Å². The number of amides is 1. The average Bonchev–Trinajstić information content (AvgIpc) is 3.21. The lowest BCUT2D eigenvalue weighted by atomic mass is 10.2. The first-order valence-corrected chi connectivity index (χ1v) is 12.8. The van der Waals surface area contributed by atoms with Gasteiger partial charge in [0.15, 0.2) is 6.61 Å². The van der Waals surface area contributed by atoms with E-state index in [9.17, 15) is 18.0 Å². The number of hydrogen-bond donors (Lipinski definition) is 1. The molecule has 2 aromatic rings. The van der Waals surface area contributed by atoms with Gasteiger partial charge in [-0.15, -0.1) is 11.3 Å². The number of thiophene rings is 1. The Morgan fingerprint density at radius 1 is 1.06 bits per heavy atom. The van der Waals surface area contributed by atoms with Gasteiger partial charge in [-0.25, -0.2) is 17.9 Å². The topological polar surface area (TPSA) is 96.0 Å². The van der Waals surface area contributed by atoms with Crippen molar-refractivity contribution in [3.05, 3.63) is 57.8 Å². The lowest BCUT2D eigenvalue weighted by Crippen LogP contribution is -2.49. The van der Waals surface area contributed by atoms with Crippen LogP contribution in [-0.4, -0.2) is 75.7 Å². The van der Waals surface area contributed by atoms with Crippen molar-refractivity contribution in [1.82, 2.24) is 14.5 Å². The molecule has 0 bridgehead atoms. The Kier molecular flexibility index (Phi) is 8.19. The fourth-order valence-corrected chi connectivity index (χ4v) is 4.64. The van der Waals surface area contributed by atoms with Crippen molar-refractivity contribution >= 4 is 33.2 Å². The molecule has 1 aliphatic heterocycles. The molecule has 3 rings (SSSR count). The molecule has 1 aromatic heterocycles. The van der Waals surface area contributed by atoms with Crippen LogP contribution in [0.4, 0.5) is 0 Å². The summed E-state index contributed by atoms with van der Waals surface area (Å²) < 4.78 is 29.8. The fraction of sp³-hybridized carbons (Fsp3) is 0.429. The zero-order valence-corrected chi connectivity index (χ0v) is 19.1. The number of ether oxygens (including phenoxy) is 1. The zero-order valence-electron chi connectivity index (χ0n) is 17.5. The molecule has 0 aliphatic carbocycles. The van der Waals surface area contributed by atoms with E-state index in [1.54, 1.807) is 17.0 Å². The van der Waals surface area contributed by atoms with E-state index in [4.69, 9.17) is 4.74 Å². The predicted octanol–water partition coefficient (Wildman–Crippen LogP) is 1.34. The van der Waals surface area contributed by atoms with E-state index in [-0.39, 0.29) is 19.1 Å². The summed E-state index contributed by atoms with van der Waals surface area (Å²) in [5.41, 5.74) is 1.25. The van der Waals surface area contributed by atoms with Gasteiger partial charge in [-0.05, 0) is 24.1 Å². The van der Waals surface area contributed by atoms with Gasteiger partial charge in [-0.1, -0.05) is 30.3 Å². The summed E-state index contributed by atoms with van der Waals surface area (Å²) >= 11 is 1.24. The highest BCUT2D eigenvalue weighted by atomic mass is 32.2. The van der Waals surface area contributed by atoms with Crippen molar-refractivity contribution in [2.45, 2.75) is 13.0 Å². The third kappa shape index (κ3) is 7.73. The summed E-state index contributed by atoms with van der Waals surface area (Å²) in [5, 5.41) is 0. The van der Waals surface area contributed by atoms with Gasteiger partial charge in [-0.2, -0.15) is 0 Å². The summed E-state index contributed by atoms with van der Waals surface area (Å²) in [4.78, 5) is 29.9. The molecule has 0 radical (unpaired) electrons. The fourth-order valence-electron chi connectivity index (χ4n) is 3.27. The Labute approximate surface area is 186 Å². The van der Waals surface area contributed by atoms with Crippen LogP contribution in [0.1, 0.15) is 20.1 Å². The Balaban J connectivity index is 1.38. The molecule has 0 spiro atoms. The van der Waals surface area contributed by atoms with E-state index in [1.165, 1.54) is 16.9 Å². The van der Waals surface area contributed by atoms with Crippen LogP contribution in [0.15, 0.2) is 42.5 Å². The van der Waals surface area contributed by atoms with Crippen molar-refractivity contribution in [1.29, 1.82) is 0 Å². The van der Waals surface area contributed by atoms with E-state index in [1.807, 2.05) is 18.2 Å². The van der Waals surface area contributed by atoms with Gasteiger partial charge in [0.1, 0.15) is 4.88 Å². The second-order valence-corrected chi connectivity index (χ2v) is 10.4. The smallest absolute Gasteiger partial charge is 0.348 e. The average molecular weight is 466 g/mol. The summed E-state index contributed by atoms with van der Waals surface area (Å²) in [6.07, 6.45) is 1.58. The molecule has 0 atom stereocenters. The van der Waals surface area contributed by atoms with Crippen molar-refractivity contribution in [2.24, 2.45) is 0 Å². The SMILES string of the molecule is CS(=O)(=O)NCCc1ccc(C(=O)OCC(=O)N2CCN(Cc3ccccc3)CC2)s1. The maximum Gasteiger partial charge on any atom is 0.348 e. The lowest BCUT2D eigenvalue weighted by molar-refractivity contribution is -0.136. The van der Waals surface area contributed by atoms with Crippen LogP contribution in [0.5, 0.6) is 0 Å². The van der Waals surface area contributed by atoms with Crippen molar-refractivity contribution < 1.29 is 22.7 Å². The molecule has 8 nitrogen and oxygen atoms in total. The number of nitrogens with one attached hydrogen (secondary N) is 1. The molecule has 168 valence electrons. The molecular weight excluding hydrogens is 438 g/mol. The first-order valence-electron chi connectivity index (χ1n) is 10.0. The molecule has 1 aromatic carbocycles. The monoisotopic (exact) mass is 465 g/mol. The van der Waals surface area contributed by atoms with Crippen LogP contribution >= 0.6 is 11.3 Å². The maximum absolute atomic E-state index is 12.4. The number of piperazine rings is 1. The number of carbonyl (C=O) groups excluding carboxylic acids is 2. The van der Waals surface area contributed by atoms with E-state index in [2.05, 4.69) is 21.8 Å². The van der Waals surface area contributed by atoms with E-state index in [0.29, 0.717) is 24.4 Å². The number of hydrogen-bond acceptors (Lipinski definition) is 7. The number of nitrogens with zero attached hydrogens (tertiary/aromatic N) is 2. The van der Waals surface area contributed by atoms with Gasteiger partial charge >= 0.3 is 5.97 Å². The van der Waals surface area contributed by atoms with E-state index < -0.39 is 16.0 Å². The van der Waals surface area contributed by atoms with Crippen molar-refractivity contribution in [3.8, 4) is 0 Å². The normalized spacial score (nSPS) is 15.1. The van der Waals surface area contributed by atoms with Gasteiger partial charge in [0.05, 0.1) is 6.26 Å². The quantitative estimate of drug-likeness (QED) is 0.562. The molecule has 1 fully saturated rings. The van der Waals surface area contributed by atoms with Crippen LogP contribution in [0, 0.1) is 0 Å². The molecule has 31 heavy (non-hydrogen) atoms. The first kappa shape index (κ1) is 23.4. The highest BCUT2D eigenvalue weighted by Crippen LogP contribution is 2.18. The summed E-state index contributed by atoms with van der Waals surface area (Å²) in [5.74, 6) is -0.731. The Bertz CT molecular complexity index is 983. The molecule has 1 amide bonds. The Morgan fingerprint density at radius 3 is 2.45 bits per heavy atom. The molecule has 1 aliphatic rings. The van der Waals surface area contributed by atoms with Gasteiger partial charge in [0.2, 0.25) is 10.0 Å². The number of rotatable bonds is 9. The Hall–Kier alpha value is -2.27. The minimum atomic E-state index is -3.23. The van der Waals surface area contributed by atoms with Gasteiger partial charge < -0.3 is 9.64 Å². The number of esters is 1. The second-order valence-electron chi connectivity index (χ2n) is 7.40. The molecule has 0 unspecified atom stereocenters. The summed E-state index contributed by atoms with van der Waals surface area (Å²) in [6.45, 7) is 3.63. The van der Waals surface area contributed by atoms with Crippen LogP contribution in [0.3, 0.4) is 0 Å². The van der Waals surface area contributed by atoms with Gasteiger partial charge in [0.25, 0.3) is 5.91 Å². The summed E-state index contributed by atoms with van der Waals surface area (Å²) in [7, 11) is -3.23. The number of carbonyl (C=O) groups is 2. The lowest BCUT2D eigenvalue weighted by Gasteiger charge is -2.34. The van der Waals surface area contributed by atoms with Crippen LogP contribution in [0.25, 0.3) is 0 Å². The molecule has 1 saturated heterocycles. The molecule has 1 N–H and O–H groups in total. The number of benzene rings is 1. The van der Waals surface area contributed by atoms with Crippen LogP contribution < -0.4 is 4.72 Å². The standard InChI is InChI=1S/C21H27N3O5S2/c1-31(27,28)22-10-9-18-7-8-19(30-18)21(26)29-16-20(25)24-13-11-23(12-14-24)15-17-5-3-2-4-6-17/h2-8,22H,9-16H2,1H3. The van der Waals surface area contributed by atoms with Crippen molar-refractivity contribution in [2.75, 3.05) is 45.6 Å². The highest BCUT2D eigenvalue weighted by Gasteiger charge is 2.22. The predicted molar refractivity (Wildman–Crippen MR) is 119 cm³/mol. The minimum Gasteiger partial charge on any atom is -0.451 e. The van der Waals surface area contributed by atoms with Gasteiger partial charge in [-0.3, -0.25) is 9.69 Å². The van der Waals surface area contributed by atoms with Crippen LogP contribution in [-0.2, 0) is 32.5 Å². The first-order chi connectivity index (χ1) is 14.8. The van der Waals surface area contributed by atoms with E-state index in [0.717, 1.165) is 30.8 Å². The van der Waals surface area contributed by atoms with Crippen LogP contribution in [0.2, 0.25) is 0 Å². The summed E-state index contributed by atoms with van der Waals surface area (Å²) in [6, 6.07) is 13.6. The third-order valence-electron chi connectivity index (χ3n) is 4.90.